The number of aromatic nitrogens is 2. The molecule has 3 atom stereocenters. The minimum absolute atomic E-state index is 0.0335. The second-order valence-electron chi connectivity index (χ2n) is 3.53. The predicted octanol–water partition coefficient (Wildman–Crippen LogP) is -1.63. The lowest BCUT2D eigenvalue weighted by atomic mass is 10.2. The Kier molecular flexibility index (Phi) is 7.19. The molecule has 0 aromatic carbocycles. The van der Waals surface area contributed by atoms with E-state index in [1.165, 1.54) is 6.33 Å². The maximum Gasteiger partial charge on any atom is 0.335 e. The number of nitrogens with zero attached hydrogens (tertiary/aromatic N) is 2. The van der Waals surface area contributed by atoms with E-state index in [0.717, 1.165) is 5.56 Å². The Morgan fingerprint density at radius 2 is 1.47 bits per heavy atom. The second kappa shape index (κ2) is 8.08. The molecular weight excluding hydrogens is 258 g/mol. The minimum Gasteiger partial charge on any atom is -0.479 e. The van der Waals surface area contributed by atoms with Gasteiger partial charge in [0.2, 0.25) is 0 Å². The summed E-state index contributed by atoms with van der Waals surface area (Å²) in [5.74, 6) is -3.54. The van der Waals surface area contributed by atoms with Crippen molar-refractivity contribution in [2.45, 2.75) is 25.2 Å². The molecule has 106 valence electrons. The van der Waals surface area contributed by atoms with Crippen LogP contribution in [0.5, 0.6) is 0 Å². The molecule has 1 heterocycles. The smallest absolute Gasteiger partial charge is 0.335 e. The van der Waals surface area contributed by atoms with Crippen LogP contribution in [0.2, 0.25) is 0 Å². The summed E-state index contributed by atoms with van der Waals surface area (Å²) in [6, 6.07) is 0.0335. The van der Waals surface area contributed by atoms with Gasteiger partial charge in [0.1, 0.15) is 6.33 Å². The average molecular weight is 273 g/mol. The van der Waals surface area contributed by atoms with Crippen molar-refractivity contribution >= 4 is 11.9 Å². The second-order valence-corrected chi connectivity index (χ2v) is 3.53. The summed E-state index contributed by atoms with van der Waals surface area (Å²) >= 11 is 0. The van der Waals surface area contributed by atoms with Crippen LogP contribution in [0.4, 0.5) is 0 Å². The molecule has 9 heteroatoms. The Morgan fingerprint density at radius 1 is 1.11 bits per heavy atom. The van der Waals surface area contributed by atoms with Crippen molar-refractivity contribution in [3.8, 4) is 0 Å². The van der Waals surface area contributed by atoms with Crippen molar-refractivity contribution in [2.24, 2.45) is 5.73 Å². The van der Waals surface area contributed by atoms with Gasteiger partial charge in [0, 0.05) is 24.0 Å². The number of carboxylic acids is 2. The molecule has 19 heavy (non-hydrogen) atoms. The highest BCUT2D eigenvalue weighted by molar-refractivity contribution is 5.83. The molecule has 0 radical (unpaired) electrons. The molecule has 0 bridgehead atoms. The van der Waals surface area contributed by atoms with Crippen molar-refractivity contribution in [3.63, 3.8) is 0 Å². The van der Waals surface area contributed by atoms with Gasteiger partial charge in [0.05, 0.1) is 0 Å². The molecular formula is C10H15N3O6. The topological polar surface area (TPSA) is 167 Å². The average Bonchev–Trinajstić information content (AvgIpc) is 2.38. The molecule has 0 aliphatic carbocycles. The first-order valence-corrected chi connectivity index (χ1v) is 5.09. The molecule has 1 aromatic rings. The number of nitrogens with two attached hydrogens (primary N) is 1. The van der Waals surface area contributed by atoms with Gasteiger partial charge in [-0.2, -0.15) is 0 Å². The van der Waals surface area contributed by atoms with E-state index in [1.54, 1.807) is 12.4 Å². The van der Waals surface area contributed by atoms with E-state index >= 15 is 0 Å². The fourth-order valence-corrected chi connectivity index (χ4v) is 0.816. The Labute approximate surface area is 108 Å². The number of aliphatic carboxylic acids is 2. The van der Waals surface area contributed by atoms with E-state index in [2.05, 4.69) is 9.97 Å². The molecule has 9 nitrogen and oxygen atoms in total. The van der Waals surface area contributed by atoms with Gasteiger partial charge in [0.25, 0.3) is 0 Å². The van der Waals surface area contributed by atoms with E-state index in [0.29, 0.717) is 0 Å². The molecule has 0 aliphatic heterocycles. The molecule has 6 N–H and O–H groups in total. The van der Waals surface area contributed by atoms with Gasteiger partial charge in [-0.15, -0.1) is 0 Å². The van der Waals surface area contributed by atoms with Crippen LogP contribution in [-0.2, 0) is 9.59 Å². The molecule has 0 aliphatic rings. The third-order valence-electron chi connectivity index (χ3n) is 1.91. The lowest BCUT2D eigenvalue weighted by Gasteiger charge is -2.07. The van der Waals surface area contributed by atoms with Gasteiger partial charge < -0.3 is 26.2 Å². The van der Waals surface area contributed by atoms with Crippen LogP contribution in [-0.4, -0.2) is 54.5 Å². The quantitative estimate of drug-likeness (QED) is 0.432. The summed E-state index contributed by atoms with van der Waals surface area (Å²) in [4.78, 5) is 27.2. The van der Waals surface area contributed by atoms with Crippen LogP contribution in [0.15, 0.2) is 18.7 Å². The van der Waals surface area contributed by atoms with Crippen LogP contribution < -0.4 is 5.73 Å². The maximum atomic E-state index is 9.77. The van der Waals surface area contributed by atoms with Gasteiger partial charge in [-0.1, -0.05) is 0 Å². The van der Waals surface area contributed by atoms with E-state index < -0.39 is 24.1 Å². The summed E-state index contributed by atoms with van der Waals surface area (Å²) in [6.07, 6.45) is 0.399. The first-order valence-electron chi connectivity index (χ1n) is 5.09. The van der Waals surface area contributed by atoms with Gasteiger partial charge in [0.15, 0.2) is 12.2 Å². The lowest BCUT2D eigenvalue weighted by Crippen LogP contribution is -2.39. The summed E-state index contributed by atoms with van der Waals surface area (Å²) < 4.78 is 0. The van der Waals surface area contributed by atoms with Crippen molar-refractivity contribution in [1.29, 1.82) is 0 Å². The number of carbonyl (C=O) groups is 2. The molecule has 0 spiro atoms. The van der Waals surface area contributed by atoms with Crippen LogP contribution in [0.25, 0.3) is 0 Å². The first-order chi connectivity index (χ1) is 8.77. The molecule has 0 fully saturated rings. The van der Waals surface area contributed by atoms with Crippen molar-refractivity contribution in [1.82, 2.24) is 9.97 Å². The predicted molar refractivity (Wildman–Crippen MR) is 61.9 cm³/mol. The van der Waals surface area contributed by atoms with E-state index in [9.17, 15) is 9.59 Å². The Morgan fingerprint density at radius 3 is 1.68 bits per heavy atom. The Balaban J connectivity index is 0.000000342. The highest BCUT2D eigenvalue weighted by atomic mass is 16.4. The molecule has 1 aromatic heterocycles. The number of hydrogen-bond acceptors (Lipinski definition) is 7. The van der Waals surface area contributed by atoms with E-state index in [-0.39, 0.29) is 6.04 Å². The van der Waals surface area contributed by atoms with E-state index in [4.69, 9.17) is 26.2 Å². The highest BCUT2D eigenvalue weighted by Gasteiger charge is 2.29. The standard InChI is InChI=1S/C6H9N3.C4H6O6/c1-5(7)6-2-8-4-9-3-6;5-1(3(7)8)2(6)4(9)10/h2-5H,7H2,1H3;1-2,5-6H,(H,7,8)(H,9,10)/t5-;1-,2-/m01/s1. The monoisotopic (exact) mass is 273 g/mol. The lowest BCUT2D eigenvalue weighted by molar-refractivity contribution is -0.165. The number of rotatable bonds is 4. The van der Waals surface area contributed by atoms with Crippen LogP contribution in [0, 0.1) is 0 Å². The SMILES string of the molecule is C[C@H](N)c1cncnc1.O=C(O)[C@H](O)[C@@H](O)C(=O)O. The van der Waals surface area contributed by atoms with Crippen LogP contribution >= 0.6 is 0 Å². The summed E-state index contributed by atoms with van der Waals surface area (Å²) in [7, 11) is 0. The number of hydrogen-bond donors (Lipinski definition) is 5. The molecule has 0 unspecified atom stereocenters. The fourth-order valence-electron chi connectivity index (χ4n) is 0.816. The van der Waals surface area contributed by atoms with E-state index in [1.807, 2.05) is 6.92 Å². The molecule has 0 amide bonds. The van der Waals surface area contributed by atoms with Gasteiger partial charge in [-0.05, 0) is 6.92 Å². The third kappa shape index (κ3) is 6.41. The van der Waals surface area contributed by atoms with Crippen LogP contribution in [0.3, 0.4) is 0 Å². The summed E-state index contributed by atoms with van der Waals surface area (Å²) in [5, 5.41) is 32.5. The number of carboxylic acid groups (broad SMARTS) is 2. The first kappa shape index (κ1) is 16.9. The minimum atomic E-state index is -2.27. The zero-order valence-electron chi connectivity index (χ0n) is 10.0. The summed E-state index contributed by atoms with van der Waals surface area (Å²) in [6.45, 7) is 1.90. The third-order valence-corrected chi connectivity index (χ3v) is 1.91. The van der Waals surface area contributed by atoms with Crippen molar-refractivity contribution < 1.29 is 30.0 Å². The zero-order valence-corrected chi connectivity index (χ0v) is 10.0. The van der Waals surface area contributed by atoms with Crippen molar-refractivity contribution in [2.75, 3.05) is 0 Å². The molecule has 1 rings (SSSR count). The van der Waals surface area contributed by atoms with Gasteiger partial charge in [-0.25, -0.2) is 19.6 Å². The van der Waals surface area contributed by atoms with Gasteiger partial charge >= 0.3 is 11.9 Å². The normalized spacial score (nSPS) is 14.5. The fraction of sp³-hybridized carbons (Fsp3) is 0.400. The van der Waals surface area contributed by atoms with Crippen molar-refractivity contribution in [3.05, 3.63) is 24.3 Å². The molecule has 0 saturated heterocycles. The number of aliphatic hydroxyl groups is 2. The highest BCUT2D eigenvalue weighted by Crippen LogP contribution is 2.02. The van der Waals surface area contributed by atoms with Crippen LogP contribution in [0.1, 0.15) is 18.5 Å². The Bertz CT molecular complexity index is 393. The number of aliphatic hydroxyl groups excluding tert-OH is 2. The Hall–Kier alpha value is -2.10. The summed E-state index contributed by atoms with van der Waals surface area (Å²) in [5.41, 5.74) is 6.50. The largest absolute Gasteiger partial charge is 0.479 e. The van der Waals surface area contributed by atoms with Gasteiger partial charge in [-0.3, -0.25) is 0 Å². The zero-order chi connectivity index (χ0) is 15.0. The molecule has 0 saturated carbocycles. The maximum absolute atomic E-state index is 9.77.